The Bertz CT molecular complexity index is 1310. The lowest BCUT2D eigenvalue weighted by Crippen LogP contribution is -2.54. The quantitative estimate of drug-likeness (QED) is 0.379. The Balaban J connectivity index is 1.47. The maximum Gasteiger partial charge on any atom is 0.313 e. The first kappa shape index (κ1) is 24.6. The molecule has 0 amide bonds. The molecule has 1 aliphatic carbocycles. The van der Waals surface area contributed by atoms with Crippen molar-refractivity contribution in [3.05, 3.63) is 71.2 Å². The summed E-state index contributed by atoms with van der Waals surface area (Å²) in [5, 5.41) is 8.39. The summed E-state index contributed by atoms with van der Waals surface area (Å²) in [4.78, 5) is 17.6. The molecule has 1 aromatic carbocycles. The monoisotopic (exact) mass is 513 g/mol. The van der Waals surface area contributed by atoms with Gasteiger partial charge < -0.3 is 9.15 Å². The van der Waals surface area contributed by atoms with Crippen molar-refractivity contribution in [2.45, 2.75) is 45.6 Å². The second-order valence-corrected chi connectivity index (χ2v) is 10.2. The van der Waals surface area contributed by atoms with Crippen LogP contribution in [0.1, 0.15) is 37.7 Å². The fourth-order valence-corrected chi connectivity index (χ4v) is 6.02. The van der Waals surface area contributed by atoms with Crippen LogP contribution in [0.25, 0.3) is 17.2 Å². The number of benzene rings is 1. The normalized spacial score (nSPS) is 29.3. The molecular weight excluding hydrogens is 488 g/mol. The van der Waals surface area contributed by atoms with Gasteiger partial charge >= 0.3 is 5.97 Å². The Labute approximate surface area is 212 Å². The predicted octanol–water partition coefficient (Wildman–Crippen LogP) is 6.19. The second kappa shape index (κ2) is 9.07. The van der Waals surface area contributed by atoms with Crippen LogP contribution < -0.4 is 0 Å². The number of aryl methyl sites for hydroxylation is 1. The number of nitrogens with zero attached hydrogens (tertiary/aromatic N) is 3. The molecule has 3 heterocycles. The number of esters is 1. The van der Waals surface area contributed by atoms with Crippen molar-refractivity contribution in [2.24, 2.45) is 23.2 Å². The van der Waals surface area contributed by atoms with Gasteiger partial charge in [0.2, 0.25) is 11.8 Å². The Morgan fingerprint density at radius 2 is 1.94 bits per heavy atom. The fraction of sp³-hybridized carbons (Fsp3) is 0.407. The van der Waals surface area contributed by atoms with Crippen molar-refractivity contribution < 1.29 is 22.7 Å². The average Bonchev–Trinajstić information content (AvgIpc) is 3.34. The summed E-state index contributed by atoms with van der Waals surface area (Å²) in [7, 11) is 0. The van der Waals surface area contributed by atoms with E-state index in [1.165, 1.54) is 6.92 Å². The number of ether oxygens (including phenoxy) is 1. The molecule has 3 aromatic rings. The molecule has 1 saturated heterocycles. The Hall–Kier alpha value is -3.13. The minimum atomic E-state index is -3.09. The highest BCUT2D eigenvalue weighted by Crippen LogP contribution is 2.60. The molecule has 188 valence electrons. The smallest absolute Gasteiger partial charge is 0.313 e. The van der Waals surface area contributed by atoms with Gasteiger partial charge in [-0.25, -0.2) is 8.78 Å². The predicted molar refractivity (Wildman–Crippen MR) is 130 cm³/mol. The van der Waals surface area contributed by atoms with Crippen molar-refractivity contribution >= 4 is 23.6 Å². The minimum Gasteiger partial charge on any atom is -0.462 e. The van der Waals surface area contributed by atoms with Crippen LogP contribution in [0.2, 0.25) is 5.02 Å². The standard InChI is InChI=1S/C27H26ClF2N3O3/c1-15-20(11-10-19-9-8-18(13-31-19)21-6-4-5-7-22(21)28)24-16(2)35-25(34)26(24,14-27(15,29)30)12-23-33-32-17(3)36-23/h4-11,13,15-16,20,24H,12,14H2,1-3H3/b11-10+/t15-,16+,20-,24-,26+/m0/s1. The first-order chi connectivity index (χ1) is 17.1. The first-order valence-electron chi connectivity index (χ1n) is 11.9. The van der Waals surface area contributed by atoms with Gasteiger partial charge in [-0.3, -0.25) is 9.78 Å². The number of pyridine rings is 1. The zero-order chi connectivity index (χ0) is 25.7. The summed E-state index contributed by atoms with van der Waals surface area (Å²) in [6, 6.07) is 11.2. The van der Waals surface area contributed by atoms with Crippen LogP contribution in [0.15, 0.2) is 53.1 Å². The number of alkyl halides is 2. The van der Waals surface area contributed by atoms with Gasteiger partial charge in [-0.2, -0.15) is 0 Å². The number of carbonyl (C=O) groups is 1. The van der Waals surface area contributed by atoms with Crippen LogP contribution in [0.3, 0.4) is 0 Å². The highest BCUT2D eigenvalue weighted by atomic mass is 35.5. The molecule has 0 radical (unpaired) electrons. The van der Waals surface area contributed by atoms with E-state index < -0.39 is 47.6 Å². The van der Waals surface area contributed by atoms with E-state index in [2.05, 4.69) is 15.2 Å². The summed E-state index contributed by atoms with van der Waals surface area (Å²) < 4.78 is 41.9. The molecule has 2 aromatic heterocycles. The zero-order valence-electron chi connectivity index (χ0n) is 20.1. The summed E-state index contributed by atoms with van der Waals surface area (Å²) in [5.41, 5.74) is 0.875. The van der Waals surface area contributed by atoms with Crippen LogP contribution in [-0.4, -0.2) is 33.2 Å². The maximum absolute atomic E-state index is 15.4. The minimum absolute atomic E-state index is 0.0842. The van der Waals surface area contributed by atoms with E-state index in [9.17, 15) is 4.79 Å². The van der Waals surface area contributed by atoms with Crippen molar-refractivity contribution in [3.8, 4) is 11.1 Å². The Kier molecular flexibility index (Phi) is 6.19. The Morgan fingerprint density at radius 3 is 2.61 bits per heavy atom. The molecule has 5 rings (SSSR count). The van der Waals surface area contributed by atoms with Crippen LogP contribution in [0.4, 0.5) is 8.78 Å². The SMILES string of the molecule is Cc1nnc(C[C@@]23CC(F)(F)[C@@H](C)[C@H](/C=C/c4ccc(-c5ccccc5Cl)cn4)[C@@H]2[C@@H](C)OC3=O)o1. The molecule has 9 heteroatoms. The van der Waals surface area contributed by atoms with Gasteiger partial charge in [0.15, 0.2) is 0 Å². The van der Waals surface area contributed by atoms with Crippen LogP contribution in [-0.2, 0) is 16.0 Å². The molecule has 5 atom stereocenters. The van der Waals surface area contributed by atoms with Gasteiger partial charge in [0.1, 0.15) is 6.10 Å². The van der Waals surface area contributed by atoms with Crippen LogP contribution in [0, 0.1) is 30.1 Å². The number of carbonyl (C=O) groups excluding carboxylic acids is 1. The topological polar surface area (TPSA) is 78.1 Å². The fourth-order valence-electron chi connectivity index (χ4n) is 5.78. The van der Waals surface area contributed by atoms with Gasteiger partial charge in [0, 0.05) is 53.9 Å². The maximum atomic E-state index is 15.4. The number of rotatable bonds is 5. The molecule has 0 spiro atoms. The van der Waals surface area contributed by atoms with Crippen LogP contribution >= 0.6 is 11.6 Å². The van der Waals surface area contributed by atoms with E-state index >= 15 is 8.78 Å². The highest BCUT2D eigenvalue weighted by molar-refractivity contribution is 6.33. The van der Waals surface area contributed by atoms with Gasteiger partial charge in [0.05, 0.1) is 11.1 Å². The van der Waals surface area contributed by atoms with E-state index in [-0.39, 0.29) is 12.3 Å². The van der Waals surface area contributed by atoms with Crippen molar-refractivity contribution in [2.75, 3.05) is 0 Å². The van der Waals surface area contributed by atoms with Crippen molar-refractivity contribution in [3.63, 3.8) is 0 Å². The molecule has 36 heavy (non-hydrogen) atoms. The largest absolute Gasteiger partial charge is 0.462 e. The summed E-state index contributed by atoms with van der Waals surface area (Å²) in [6.45, 7) is 4.91. The molecule has 6 nitrogen and oxygen atoms in total. The number of aromatic nitrogens is 3. The third-order valence-electron chi connectivity index (χ3n) is 7.55. The lowest BCUT2D eigenvalue weighted by molar-refractivity contribution is -0.171. The van der Waals surface area contributed by atoms with Gasteiger partial charge in [-0.05, 0) is 31.1 Å². The van der Waals surface area contributed by atoms with E-state index in [1.807, 2.05) is 36.4 Å². The third kappa shape index (κ3) is 4.21. The molecule has 2 aliphatic rings. The Morgan fingerprint density at radius 1 is 1.17 bits per heavy atom. The zero-order valence-corrected chi connectivity index (χ0v) is 20.9. The number of halogens is 3. The lowest BCUT2D eigenvalue weighted by atomic mass is 9.55. The average molecular weight is 514 g/mol. The summed E-state index contributed by atoms with van der Waals surface area (Å²) in [6.07, 6.45) is 3.94. The van der Waals surface area contributed by atoms with Crippen LogP contribution in [0.5, 0.6) is 0 Å². The molecule has 1 aliphatic heterocycles. The molecule has 0 N–H and O–H groups in total. The number of cyclic esters (lactones) is 1. The van der Waals surface area contributed by atoms with E-state index in [0.29, 0.717) is 16.6 Å². The molecular formula is C27H26ClF2N3O3. The lowest BCUT2D eigenvalue weighted by Gasteiger charge is -2.47. The van der Waals surface area contributed by atoms with E-state index in [0.717, 1.165) is 11.1 Å². The van der Waals surface area contributed by atoms with Crippen molar-refractivity contribution in [1.82, 2.24) is 15.2 Å². The van der Waals surface area contributed by atoms with Gasteiger partial charge in [-0.1, -0.05) is 48.9 Å². The van der Waals surface area contributed by atoms with Gasteiger partial charge in [-0.15, -0.1) is 10.2 Å². The molecule has 0 bridgehead atoms. The first-order valence-corrected chi connectivity index (χ1v) is 12.3. The van der Waals surface area contributed by atoms with Crippen molar-refractivity contribution in [1.29, 1.82) is 0 Å². The summed E-state index contributed by atoms with van der Waals surface area (Å²) in [5.74, 6) is -5.37. The third-order valence-corrected chi connectivity index (χ3v) is 7.88. The second-order valence-electron chi connectivity index (χ2n) is 9.80. The number of fused-ring (bicyclic) bond motifs is 1. The number of allylic oxidation sites excluding steroid dienone is 1. The molecule has 1 saturated carbocycles. The number of hydrogen-bond acceptors (Lipinski definition) is 6. The number of hydrogen-bond donors (Lipinski definition) is 0. The highest BCUT2D eigenvalue weighted by Gasteiger charge is 2.68. The van der Waals surface area contributed by atoms with E-state index in [1.54, 1.807) is 32.2 Å². The van der Waals surface area contributed by atoms with E-state index in [4.69, 9.17) is 20.8 Å². The molecule has 2 fully saturated rings. The van der Waals surface area contributed by atoms with Gasteiger partial charge in [0.25, 0.3) is 5.92 Å². The summed E-state index contributed by atoms with van der Waals surface area (Å²) >= 11 is 6.29. The molecule has 0 unspecified atom stereocenters.